The topological polar surface area (TPSA) is 76.4 Å². The summed E-state index contributed by atoms with van der Waals surface area (Å²) >= 11 is 0. The fourth-order valence-electron chi connectivity index (χ4n) is 2.85. The summed E-state index contributed by atoms with van der Waals surface area (Å²) in [5, 5.41) is 4.39. The Balaban J connectivity index is 2.15. The Hall–Kier alpha value is -2.25. The molecule has 3 rings (SSSR count). The summed E-state index contributed by atoms with van der Waals surface area (Å²) < 4.78 is 29.5. The van der Waals surface area contributed by atoms with Gasteiger partial charge in [-0.05, 0) is 50.5 Å². The third-order valence-corrected chi connectivity index (χ3v) is 5.71. The molecule has 0 atom stereocenters. The Kier molecular flexibility index (Phi) is 4.62. The highest BCUT2D eigenvalue weighted by Crippen LogP contribution is 2.28. The molecular formula is C18H22N4O2S. The van der Waals surface area contributed by atoms with E-state index in [-0.39, 0.29) is 0 Å². The van der Waals surface area contributed by atoms with Gasteiger partial charge >= 0.3 is 0 Å². The molecule has 0 amide bonds. The molecule has 0 fully saturated rings. The van der Waals surface area contributed by atoms with E-state index in [1.54, 1.807) is 23.7 Å². The molecule has 132 valence electrons. The minimum absolute atomic E-state index is 0.294. The summed E-state index contributed by atoms with van der Waals surface area (Å²) in [6.45, 7) is 8.05. The summed E-state index contributed by atoms with van der Waals surface area (Å²) in [6.07, 6.45) is 2.48. The number of sulfonamides is 1. The summed E-state index contributed by atoms with van der Waals surface area (Å²) in [4.78, 5) is 4.87. The van der Waals surface area contributed by atoms with Crippen molar-refractivity contribution in [1.82, 2.24) is 19.3 Å². The van der Waals surface area contributed by atoms with Crippen LogP contribution >= 0.6 is 0 Å². The van der Waals surface area contributed by atoms with Gasteiger partial charge in [0.2, 0.25) is 10.0 Å². The third kappa shape index (κ3) is 3.29. The van der Waals surface area contributed by atoms with Gasteiger partial charge in [-0.15, -0.1) is 0 Å². The Morgan fingerprint density at radius 3 is 2.64 bits per heavy atom. The van der Waals surface area contributed by atoms with E-state index < -0.39 is 10.0 Å². The standard InChI is InChI=1S/C18H22N4O2S/c1-5-8-20-25(23,24)17-10-15(7-6-12(17)2)16-11-19-22-14(4)9-13(3)21-18(16)22/h6-7,9-11,20H,5,8H2,1-4H3. The molecule has 7 heteroatoms. The maximum Gasteiger partial charge on any atom is 0.240 e. The van der Waals surface area contributed by atoms with E-state index in [1.165, 1.54) is 0 Å². The van der Waals surface area contributed by atoms with Crippen molar-refractivity contribution in [3.63, 3.8) is 0 Å². The maximum atomic E-state index is 12.6. The van der Waals surface area contributed by atoms with Crippen LogP contribution in [0.3, 0.4) is 0 Å². The third-order valence-electron chi connectivity index (χ3n) is 4.11. The lowest BCUT2D eigenvalue weighted by atomic mass is 10.1. The second kappa shape index (κ2) is 6.57. The number of fused-ring (bicyclic) bond motifs is 1. The molecule has 2 heterocycles. The van der Waals surface area contributed by atoms with E-state index in [2.05, 4.69) is 14.8 Å². The molecule has 2 aromatic heterocycles. The number of aryl methyl sites for hydroxylation is 3. The van der Waals surface area contributed by atoms with Gasteiger partial charge in [0.05, 0.1) is 11.1 Å². The van der Waals surface area contributed by atoms with Crippen LogP contribution in [0.2, 0.25) is 0 Å². The summed E-state index contributed by atoms with van der Waals surface area (Å²) in [7, 11) is -3.53. The Bertz CT molecular complexity index is 1040. The number of benzene rings is 1. The quantitative estimate of drug-likeness (QED) is 0.761. The number of hydrogen-bond donors (Lipinski definition) is 1. The molecular weight excluding hydrogens is 336 g/mol. The zero-order chi connectivity index (χ0) is 18.2. The van der Waals surface area contributed by atoms with Gasteiger partial charge in [0.25, 0.3) is 0 Å². The molecule has 0 saturated carbocycles. The van der Waals surface area contributed by atoms with E-state index >= 15 is 0 Å². The monoisotopic (exact) mass is 358 g/mol. The molecule has 1 N–H and O–H groups in total. The lowest BCUT2D eigenvalue weighted by molar-refractivity contribution is 0.580. The van der Waals surface area contributed by atoms with Crippen molar-refractivity contribution in [3.8, 4) is 11.1 Å². The number of nitrogens with zero attached hydrogens (tertiary/aromatic N) is 3. The molecule has 0 aliphatic rings. The fraction of sp³-hybridized carbons (Fsp3) is 0.333. The molecule has 0 aliphatic heterocycles. The number of aromatic nitrogens is 3. The van der Waals surface area contributed by atoms with Crippen molar-refractivity contribution in [3.05, 3.63) is 47.4 Å². The lowest BCUT2D eigenvalue weighted by Gasteiger charge is -2.10. The van der Waals surface area contributed by atoms with Gasteiger partial charge in [0, 0.05) is 23.5 Å². The average molecular weight is 358 g/mol. The Labute approximate surface area is 148 Å². The maximum absolute atomic E-state index is 12.6. The van der Waals surface area contributed by atoms with Crippen LogP contribution in [0.5, 0.6) is 0 Å². The lowest BCUT2D eigenvalue weighted by Crippen LogP contribution is -2.25. The zero-order valence-electron chi connectivity index (χ0n) is 14.9. The Morgan fingerprint density at radius 1 is 1.16 bits per heavy atom. The molecule has 0 unspecified atom stereocenters. The first kappa shape index (κ1) is 17.6. The molecule has 6 nitrogen and oxygen atoms in total. The number of rotatable bonds is 5. The SMILES string of the molecule is CCCNS(=O)(=O)c1cc(-c2cnn3c(C)cc(C)nc23)ccc1C. The largest absolute Gasteiger partial charge is 0.240 e. The van der Waals surface area contributed by atoms with Crippen molar-refractivity contribution in [2.24, 2.45) is 0 Å². The minimum atomic E-state index is -3.53. The van der Waals surface area contributed by atoms with Gasteiger partial charge in [0.1, 0.15) is 0 Å². The molecule has 25 heavy (non-hydrogen) atoms. The first-order valence-corrected chi connectivity index (χ1v) is 9.74. The highest BCUT2D eigenvalue weighted by molar-refractivity contribution is 7.89. The molecule has 0 radical (unpaired) electrons. The molecule has 0 bridgehead atoms. The highest BCUT2D eigenvalue weighted by Gasteiger charge is 2.18. The van der Waals surface area contributed by atoms with Crippen molar-refractivity contribution in [2.75, 3.05) is 6.54 Å². The van der Waals surface area contributed by atoms with E-state index in [0.717, 1.165) is 34.6 Å². The minimum Gasteiger partial charge on any atom is -0.233 e. The van der Waals surface area contributed by atoms with Crippen LogP contribution in [0.4, 0.5) is 0 Å². The van der Waals surface area contributed by atoms with Crippen LogP contribution in [0, 0.1) is 20.8 Å². The van der Waals surface area contributed by atoms with Crippen LogP contribution in [-0.2, 0) is 10.0 Å². The first-order chi connectivity index (χ1) is 11.8. The number of nitrogens with one attached hydrogen (secondary N) is 1. The van der Waals surface area contributed by atoms with E-state index in [0.29, 0.717) is 17.0 Å². The highest BCUT2D eigenvalue weighted by atomic mass is 32.2. The second-order valence-electron chi connectivity index (χ2n) is 6.21. The van der Waals surface area contributed by atoms with Crippen LogP contribution < -0.4 is 4.72 Å². The van der Waals surface area contributed by atoms with E-state index in [1.807, 2.05) is 39.0 Å². The molecule has 0 aliphatic carbocycles. The van der Waals surface area contributed by atoms with Gasteiger partial charge < -0.3 is 0 Å². The van der Waals surface area contributed by atoms with Gasteiger partial charge in [0.15, 0.2) is 5.65 Å². The molecule has 1 aromatic carbocycles. The van der Waals surface area contributed by atoms with Gasteiger partial charge in [-0.2, -0.15) is 5.10 Å². The zero-order valence-corrected chi connectivity index (χ0v) is 15.7. The first-order valence-electron chi connectivity index (χ1n) is 8.26. The predicted molar refractivity (Wildman–Crippen MR) is 98.1 cm³/mol. The van der Waals surface area contributed by atoms with Crippen molar-refractivity contribution >= 4 is 15.7 Å². The Morgan fingerprint density at radius 2 is 1.92 bits per heavy atom. The summed E-state index contributed by atoms with van der Waals surface area (Å²) in [6, 6.07) is 7.39. The average Bonchev–Trinajstić information content (AvgIpc) is 2.97. The number of hydrogen-bond acceptors (Lipinski definition) is 4. The van der Waals surface area contributed by atoms with Crippen LogP contribution in [0.15, 0.2) is 35.4 Å². The molecule has 0 saturated heterocycles. The summed E-state index contributed by atoms with van der Waals surface area (Å²) in [5.41, 5.74) is 4.93. The van der Waals surface area contributed by atoms with Crippen molar-refractivity contribution < 1.29 is 8.42 Å². The van der Waals surface area contributed by atoms with Gasteiger partial charge in [-0.25, -0.2) is 22.6 Å². The van der Waals surface area contributed by atoms with E-state index in [4.69, 9.17) is 0 Å². The fourth-order valence-corrected chi connectivity index (χ4v) is 4.25. The van der Waals surface area contributed by atoms with Crippen LogP contribution in [0.1, 0.15) is 30.3 Å². The molecule has 3 aromatic rings. The second-order valence-corrected chi connectivity index (χ2v) is 7.95. The molecule has 0 spiro atoms. The normalized spacial score (nSPS) is 12.0. The van der Waals surface area contributed by atoms with Gasteiger partial charge in [-0.1, -0.05) is 19.1 Å². The van der Waals surface area contributed by atoms with E-state index in [9.17, 15) is 8.42 Å². The smallest absolute Gasteiger partial charge is 0.233 e. The van der Waals surface area contributed by atoms with Crippen LogP contribution in [0.25, 0.3) is 16.8 Å². The van der Waals surface area contributed by atoms with Gasteiger partial charge in [-0.3, -0.25) is 0 Å². The van der Waals surface area contributed by atoms with Crippen LogP contribution in [-0.4, -0.2) is 29.6 Å². The predicted octanol–water partition coefficient (Wildman–Crippen LogP) is 3.01. The van der Waals surface area contributed by atoms with Crippen molar-refractivity contribution in [2.45, 2.75) is 39.0 Å². The van der Waals surface area contributed by atoms with Crippen molar-refractivity contribution in [1.29, 1.82) is 0 Å². The summed E-state index contributed by atoms with van der Waals surface area (Å²) in [5.74, 6) is 0.